The Morgan fingerprint density at radius 1 is 1.25 bits per heavy atom. The first-order valence-corrected chi connectivity index (χ1v) is 7.00. The van der Waals surface area contributed by atoms with Gasteiger partial charge in [0.1, 0.15) is 18.5 Å². The van der Waals surface area contributed by atoms with E-state index in [1.165, 1.54) is 0 Å². The number of aliphatic hydroxyl groups excluding tert-OH is 1. The third-order valence-corrected chi connectivity index (χ3v) is 2.98. The minimum atomic E-state index is -4.12. The molecule has 0 aliphatic rings. The van der Waals surface area contributed by atoms with Gasteiger partial charge in [-0.3, -0.25) is 0 Å². The second-order valence-corrected chi connectivity index (χ2v) is 5.26. The van der Waals surface area contributed by atoms with Crippen molar-refractivity contribution in [2.45, 2.75) is 25.1 Å². The molecule has 0 aliphatic carbocycles. The molecule has 0 saturated carbocycles. The Kier molecular flexibility index (Phi) is 7.32. The maximum absolute atomic E-state index is 11.9. The van der Waals surface area contributed by atoms with Crippen molar-refractivity contribution in [3.63, 3.8) is 0 Å². The van der Waals surface area contributed by atoms with Crippen LogP contribution in [0.4, 0.5) is 13.2 Å². The number of nitrogens with one attached hydrogen (secondary N) is 1. The number of rotatable bonds is 8. The molecule has 0 spiro atoms. The Bertz CT molecular complexity index is 384. The third kappa shape index (κ3) is 8.39. The van der Waals surface area contributed by atoms with E-state index in [9.17, 15) is 18.3 Å². The lowest BCUT2D eigenvalue weighted by atomic mass is 10.3. The monoisotopic (exact) mass is 355 g/mol. The molecule has 1 atom stereocenters. The Labute approximate surface area is 124 Å². The molecule has 2 N–H and O–H groups in total. The minimum absolute atomic E-state index is 0.00376. The fourth-order valence-corrected chi connectivity index (χ4v) is 1.73. The Morgan fingerprint density at radius 3 is 2.50 bits per heavy atom. The fourth-order valence-electron chi connectivity index (χ4n) is 1.46. The van der Waals surface area contributed by atoms with Crippen molar-refractivity contribution in [1.29, 1.82) is 0 Å². The summed E-state index contributed by atoms with van der Waals surface area (Å²) in [5.41, 5.74) is 0. The summed E-state index contributed by atoms with van der Waals surface area (Å²) in [6.07, 6.45) is -5.69. The normalized spacial score (nSPS) is 13.2. The molecule has 0 heterocycles. The molecule has 1 aromatic carbocycles. The topological polar surface area (TPSA) is 41.5 Å². The molecule has 0 saturated heterocycles. The van der Waals surface area contributed by atoms with E-state index in [1.807, 2.05) is 12.1 Å². The molecule has 3 nitrogen and oxygen atoms in total. The lowest BCUT2D eigenvalue weighted by Crippen LogP contribution is -2.32. The Balaban J connectivity index is 2.08. The minimum Gasteiger partial charge on any atom is -0.491 e. The predicted molar refractivity (Wildman–Crippen MR) is 73.8 cm³/mol. The molecule has 20 heavy (non-hydrogen) atoms. The van der Waals surface area contributed by atoms with Crippen LogP contribution in [0.2, 0.25) is 0 Å². The number of benzene rings is 1. The molecule has 0 amide bonds. The molecule has 1 aromatic rings. The summed E-state index contributed by atoms with van der Waals surface area (Å²) in [5.74, 6) is 0.629. The predicted octanol–water partition coefficient (Wildman–Crippen LogP) is 3.12. The van der Waals surface area contributed by atoms with Gasteiger partial charge in [-0.2, -0.15) is 13.2 Å². The van der Waals surface area contributed by atoms with Gasteiger partial charge in [-0.25, -0.2) is 0 Å². The molecule has 0 fully saturated rings. The van der Waals surface area contributed by atoms with E-state index in [-0.39, 0.29) is 26.1 Å². The van der Waals surface area contributed by atoms with Gasteiger partial charge in [0.2, 0.25) is 0 Å². The summed E-state index contributed by atoms with van der Waals surface area (Å²) in [6, 6.07) is 7.15. The fraction of sp³-hybridized carbons (Fsp3) is 0.538. The Morgan fingerprint density at radius 2 is 1.90 bits per heavy atom. The van der Waals surface area contributed by atoms with E-state index in [1.54, 1.807) is 12.1 Å². The van der Waals surface area contributed by atoms with Gasteiger partial charge in [0.05, 0.1) is 0 Å². The molecule has 0 radical (unpaired) electrons. The van der Waals surface area contributed by atoms with Crippen LogP contribution in [0.5, 0.6) is 5.75 Å². The van der Waals surface area contributed by atoms with Crippen molar-refractivity contribution in [1.82, 2.24) is 5.32 Å². The SMILES string of the molecule is OC(CNCCCC(F)(F)F)COc1ccc(Br)cc1. The summed E-state index contributed by atoms with van der Waals surface area (Å²) < 4.78 is 41.9. The maximum atomic E-state index is 11.9. The second kappa shape index (κ2) is 8.49. The van der Waals surface area contributed by atoms with Crippen LogP contribution in [0.15, 0.2) is 28.7 Å². The lowest BCUT2D eigenvalue weighted by molar-refractivity contribution is -0.135. The van der Waals surface area contributed by atoms with Gasteiger partial charge in [-0.15, -0.1) is 0 Å². The summed E-state index contributed by atoms with van der Waals surface area (Å²) in [6.45, 7) is 0.511. The van der Waals surface area contributed by atoms with E-state index >= 15 is 0 Å². The van der Waals surface area contributed by atoms with E-state index in [0.717, 1.165) is 4.47 Å². The highest BCUT2D eigenvalue weighted by Crippen LogP contribution is 2.20. The average molecular weight is 356 g/mol. The van der Waals surface area contributed by atoms with Crippen molar-refractivity contribution in [2.75, 3.05) is 19.7 Å². The summed E-state index contributed by atoms with van der Waals surface area (Å²) in [4.78, 5) is 0. The van der Waals surface area contributed by atoms with Crippen molar-refractivity contribution >= 4 is 15.9 Å². The third-order valence-electron chi connectivity index (χ3n) is 2.45. The first-order valence-electron chi connectivity index (χ1n) is 6.21. The second-order valence-electron chi connectivity index (χ2n) is 4.34. The maximum Gasteiger partial charge on any atom is 0.389 e. The van der Waals surface area contributed by atoms with Crippen LogP contribution in [-0.2, 0) is 0 Å². The zero-order valence-electron chi connectivity index (χ0n) is 10.8. The van der Waals surface area contributed by atoms with Gasteiger partial charge in [0, 0.05) is 17.4 Å². The molecule has 0 bridgehead atoms. The van der Waals surface area contributed by atoms with Gasteiger partial charge >= 0.3 is 6.18 Å². The largest absolute Gasteiger partial charge is 0.491 e. The van der Waals surface area contributed by atoms with Crippen LogP contribution >= 0.6 is 15.9 Å². The zero-order chi connectivity index (χ0) is 15.0. The average Bonchev–Trinajstić information content (AvgIpc) is 2.36. The van der Waals surface area contributed by atoms with Crippen molar-refractivity contribution in [3.8, 4) is 5.75 Å². The molecular formula is C13H17BrF3NO2. The van der Waals surface area contributed by atoms with Crippen molar-refractivity contribution in [2.24, 2.45) is 0 Å². The summed E-state index contributed by atoms with van der Waals surface area (Å²) in [5, 5.41) is 12.4. The van der Waals surface area contributed by atoms with Crippen molar-refractivity contribution in [3.05, 3.63) is 28.7 Å². The lowest BCUT2D eigenvalue weighted by Gasteiger charge is -2.13. The van der Waals surface area contributed by atoms with Crippen LogP contribution in [0.1, 0.15) is 12.8 Å². The van der Waals surface area contributed by atoms with Crippen molar-refractivity contribution < 1.29 is 23.0 Å². The first-order chi connectivity index (χ1) is 9.37. The van der Waals surface area contributed by atoms with Gasteiger partial charge in [-0.1, -0.05) is 15.9 Å². The molecule has 0 aliphatic heterocycles. The highest BCUT2D eigenvalue weighted by Gasteiger charge is 2.25. The number of hydrogen-bond donors (Lipinski definition) is 2. The molecule has 1 rings (SSSR count). The molecule has 1 unspecified atom stereocenters. The van der Waals surface area contributed by atoms with Gasteiger partial charge in [-0.05, 0) is 37.2 Å². The highest BCUT2D eigenvalue weighted by atomic mass is 79.9. The van der Waals surface area contributed by atoms with E-state index in [0.29, 0.717) is 5.75 Å². The van der Waals surface area contributed by atoms with E-state index in [4.69, 9.17) is 4.74 Å². The highest BCUT2D eigenvalue weighted by molar-refractivity contribution is 9.10. The number of alkyl halides is 3. The molecular weight excluding hydrogens is 339 g/mol. The standard InChI is InChI=1S/C13H17BrF3NO2/c14-10-2-4-12(5-3-10)20-9-11(19)8-18-7-1-6-13(15,16)17/h2-5,11,18-19H,1,6-9H2. The van der Waals surface area contributed by atoms with Crippen LogP contribution in [0.3, 0.4) is 0 Å². The zero-order valence-corrected chi connectivity index (χ0v) is 12.4. The summed E-state index contributed by atoms with van der Waals surface area (Å²) >= 11 is 3.29. The van der Waals surface area contributed by atoms with Crippen LogP contribution in [0, 0.1) is 0 Å². The van der Waals surface area contributed by atoms with E-state index < -0.39 is 18.7 Å². The number of ether oxygens (including phenoxy) is 1. The van der Waals surface area contributed by atoms with Gasteiger partial charge in [0.15, 0.2) is 0 Å². The number of hydrogen-bond acceptors (Lipinski definition) is 3. The van der Waals surface area contributed by atoms with Gasteiger partial charge < -0.3 is 15.2 Å². The quantitative estimate of drug-likeness (QED) is 0.704. The molecule has 0 aromatic heterocycles. The van der Waals surface area contributed by atoms with Crippen LogP contribution in [-0.4, -0.2) is 37.1 Å². The van der Waals surface area contributed by atoms with Crippen LogP contribution in [0.25, 0.3) is 0 Å². The number of halogens is 4. The molecule has 7 heteroatoms. The first kappa shape index (κ1) is 17.3. The summed E-state index contributed by atoms with van der Waals surface area (Å²) in [7, 11) is 0. The van der Waals surface area contributed by atoms with Gasteiger partial charge in [0.25, 0.3) is 0 Å². The Hall–Kier alpha value is -0.790. The smallest absolute Gasteiger partial charge is 0.389 e. The van der Waals surface area contributed by atoms with Crippen LogP contribution < -0.4 is 10.1 Å². The van der Waals surface area contributed by atoms with E-state index in [2.05, 4.69) is 21.2 Å². The molecule has 114 valence electrons. The number of aliphatic hydroxyl groups is 1.